The van der Waals surface area contributed by atoms with Crippen molar-refractivity contribution in [2.45, 2.75) is 38.6 Å². The smallest absolute Gasteiger partial charge is 0.407 e. The summed E-state index contributed by atoms with van der Waals surface area (Å²) in [6.45, 7) is 1.81. The molecule has 2 unspecified atom stereocenters. The second-order valence-corrected chi connectivity index (χ2v) is 7.18. The molecule has 7 nitrogen and oxygen atoms in total. The first kappa shape index (κ1) is 19.9. The number of ether oxygens (including phenoxy) is 1. The third-order valence-electron chi connectivity index (χ3n) is 5.92. The molecule has 0 spiro atoms. The van der Waals surface area contributed by atoms with E-state index < -0.39 is 29.3 Å². The van der Waals surface area contributed by atoms with Gasteiger partial charge in [-0.05, 0) is 56.4 Å². The first-order valence-electron chi connectivity index (χ1n) is 9.14. The molecule has 0 aliphatic carbocycles. The maximum Gasteiger partial charge on any atom is 0.407 e. The molecule has 2 N–H and O–H groups in total. The minimum absolute atomic E-state index is 0.187. The average Bonchev–Trinajstić information content (AvgIpc) is 3.01. The van der Waals surface area contributed by atoms with Gasteiger partial charge in [0.05, 0.1) is 24.2 Å². The number of carbonyl (C=O) groups is 2. The highest BCUT2D eigenvalue weighted by Crippen LogP contribution is 2.42. The van der Waals surface area contributed by atoms with E-state index in [2.05, 4.69) is 4.98 Å². The van der Waals surface area contributed by atoms with Gasteiger partial charge in [0.1, 0.15) is 11.6 Å². The van der Waals surface area contributed by atoms with Gasteiger partial charge in [0.15, 0.2) is 0 Å². The summed E-state index contributed by atoms with van der Waals surface area (Å²) in [4.78, 5) is 28.6. The fourth-order valence-corrected chi connectivity index (χ4v) is 4.17. The predicted molar refractivity (Wildman–Crippen MR) is 100 cm³/mol. The maximum absolute atomic E-state index is 14.4. The summed E-state index contributed by atoms with van der Waals surface area (Å²) in [6, 6.07) is 4.58. The minimum atomic E-state index is -1.16. The molecule has 1 amide bonds. The molecular formula is C20H23FN2O5. The van der Waals surface area contributed by atoms with E-state index >= 15 is 0 Å². The molecule has 0 radical (unpaired) electrons. The van der Waals surface area contributed by atoms with Crippen LogP contribution in [0.15, 0.2) is 24.4 Å². The Morgan fingerprint density at radius 2 is 2.14 bits per heavy atom. The highest BCUT2D eigenvalue weighted by atomic mass is 19.1. The molecule has 2 heterocycles. The van der Waals surface area contributed by atoms with Gasteiger partial charge >= 0.3 is 12.1 Å². The molecule has 8 heteroatoms. The summed E-state index contributed by atoms with van der Waals surface area (Å²) in [5.74, 6) is -0.869. The third kappa shape index (κ3) is 3.34. The van der Waals surface area contributed by atoms with E-state index in [1.54, 1.807) is 25.1 Å². The van der Waals surface area contributed by atoms with Gasteiger partial charge in [0.25, 0.3) is 0 Å². The van der Waals surface area contributed by atoms with Gasteiger partial charge in [-0.2, -0.15) is 0 Å². The summed E-state index contributed by atoms with van der Waals surface area (Å²) >= 11 is 0. The van der Waals surface area contributed by atoms with Gasteiger partial charge in [-0.3, -0.25) is 9.78 Å². The molecule has 3 rings (SSSR count). The van der Waals surface area contributed by atoms with Crippen molar-refractivity contribution >= 4 is 23.0 Å². The molecule has 0 bridgehead atoms. The second kappa shape index (κ2) is 7.61. The summed E-state index contributed by atoms with van der Waals surface area (Å²) in [5, 5.41) is 19.7. The number of benzene rings is 1. The number of aromatic nitrogens is 1. The number of halogens is 1. The van der Waals surface area contributed by atoms with Crippen molar-refractivity contribution in [1.29, 1.82) is 0 Å². The Morgan fingerprint density at radius 3 is 2.75 bits per heavy atom. The number of pyridine rings is 1. The number of fused-ring (bicyclic) bond motifs is 1. The van der Waals surface area contributed by atoms with Gasteiger partial charge in [-0.1, -0.05) is 0 Å². The molecule has 1 aliphatic heterocycles. The van der Waals surface area contributed by atoms with E-state index in [1.165, 1.54) is 18.2 Å². The van der Waals surface area contributed by atoms with Gasteiger partial charge in [-0.25, -0.2) is 9.18 Å². The lowest BCUT2D eigenvalue weighted by Gasteiger charge is -2.31. The number of likely N-dealkylation sites (tertiary alicyclic amines) is 1. The van der Waals surface area contributed by atoms with Crippen molar-refractivity contribution in [3.05, 3.63) is 35.8 Å². The molecule has 1 aliphatic rings. The standard InChI is InChI=1S/C20H23FN2O5/c1-12-20(18(24)25,8-9-23(12)19(26)27)7-3-4-14-15-10-13(28-2)5-6-17(15)22-11-16(14)21/h5-6,10-12H,3-4,7-9H2,1-2H3,(H,24,25)(H,26,27). The number of rotatable bonds is 6. The number of hydrogen-bond acceptors (Lipinski definition) is 4. The number of methoxy groups -OCH3 is 1. The highest BCUT2D eigenvalue weighted by Gasteiger charge is 2.51. The van der Waals surface area contributed by atoms with Crippen LogP contribution in [0.1, 0.15) is 31.7 Å². The minimum Gasteiger partial charge on any atom is -0.497 e. The fourth-order valence-electron chi connectivity index (χ4n) is 4.17. The van der Waals surface area contributed by atoms with Gasteiger partial charge in [0, 0.05) is 18.0 Å². The Balaban J connectivity index is 1.83. The number of aliphatic carboxylic acids is 1. The Morgan fingerprint density at radius 1 is 1.39 bits per heavy atom. The van der Waals surface area contributed by atoms with E-state index in [1.807, 2.05) is 0 Å². The van der Waals surface area contributed by atoms with Crippen LogP contribution >= 0.6 is 0 Å². The van der Waals surface area contributed by atoms with Crippen molar-refractivity contribution in [2.75, 3.05) is 13.7 Å². The highest BCUT2D eigenvalue weighted by molar-refractivity contribution is 5.83. The van der Waals surface area contributed by atoms with Crippen LogP contribution in [0, 0.1) is 11.2 Å². The third-order valence-corrected chi connectivity index (χ3v) is 5.92. The largest absolute Gasteiger partial charge is 0.497 e. The number of nitrogens with zero attached hydrogens (tertiary/aromatic N) is 2. The van der Waals surface area contributed by atoms with Crippen molar-refractivity contribution < 1.29 is 28.9 Å². The van der Waals surface area contributed by atoms with Crippen LogP contribution in [-0.4, -0.2) is 51.9 Å². The lowest BCUT2D eigenvalue weighted by Crippen LogP contribution is -2.44. The lowest BCUT2D eigenvalue weighted by atomic mass is 9.76. The topological polar surface area (TPSA) is 100.0 Å². The maximum atomic E-state index is 14.4. The quantitative estimate of drug-likeness (QED) is 0.782. The molecule has 0 saturated carbocycles. The van der Waals surface area contributed by atoms with E-state index in [9.17, 15) is 24.2 Å². The molecule has 1 saturated heterocycles. The van der Waals surface area contributed by atoms with E-state index in [-0.39, 0.29) is 19.4 Å². The Labute approximate surface area is 161 Å². The number of amides is 1. The molecule has 1 aromatic carbocycles. The molecule has 1 aromatic heterocycles. The normalized spacial score (nSPS) is 21.8. The van der Waals surface area contributed by atoms with E-state index in [0.717, 1.165) is 0 Å². The van der Waals surface area contributed by atoms with Crippen LogP contribution in [0.5, 0.6) is 5.75 Å². The second-order valence-electron chi connectivity index (χ2n) is 7.18. The number of aryl methyl sites for hydroxylation is 1. The van der Waals surface area contributed by atoms with Crippen LogP contribution < -0.4 is 4.74 Å². The fraction of sp³-hybridized carbons (Fsp3) is 0.450. The lowest BCUT2D eigenvalue weighted by molar-refractivity contribution is -0.150. The van der Waals surface area contributed by atoms with Gasteiger partial charge in [-0.15, -0.1) is 0 Å². The van der Waals surface area contributed by atoms with Crippen LogP contribution in [0.4, 0.5) is 9.18 Å². The van der Waals surface area contributed by atoms with E-state index in [0.29, 0.717) is 35.1 Å². The molecule has 28 heavy (non-hydrogen) atoms. The number of hydrogen-bond donors (Lipinski definition) is 2. The zero-order chi connectivity index (χ0) is 20.5. The van der Waals surface area contributed by atoms with Crippen molar-refractivity contribution in [3.8, 4) is 5.75 Å². The molecular weight excluding hydrogens is 367 g/mol. The van der Waals surface area contributed by atoms with Gasteiger partial charge in [0.2, 0.25) is 0 Å². The molecule has 1 fully saturated rings. The zero-order valence-electron chi connectivity index (χ0n) is 15.8. The summed E-state index contributed by atoms with van der Waals surface area (Å²) in [5.41, 5.74) is -0.0586. The SMILES string of the molecule is COc1ccc2ncc(F)c(CCCC3(C(=O)O)CCN(C(=O)O)C3C)c2c1. The number of carboxylic acid groups (broad SMARTS) is 2. The Kier molecular flexibility index (Phi) is 5.40. The van der Waals surface area contributed by atoms with E-state index in [4.69, 9.17) is 4.74 Å². The molecule has 2 aromatic rings. The zero-order valence-corrected chi connectivity index (χ0v) is 15.8. The van der Waals surface area contributed by atoms with Gasteiger partial charge < -0.3 is 19.8 Å². The van der Waals surface area contributed by atoms with Crippen LogP contribution in [0.2, 0.25) is 0 Å². The Hall–Kier alpha value is -2.90. The first-order chi connectivity index (χ1) is 13.3. The Bertz CT molecular complexity index is 919. The van der Waals surface area contributed by atoms with Crippen molar-refractivity contribution in [3.63, 3.8) is 0 Å². The summed E-state index contributed by atoms with van der Waals surface area (Å²) in [7, 11) is 1.53. The van der Waals surface area contributed by atoms with Crippen LogP contribution in [-0.2, 0) is 11.2 Å². The molecule has 2 atom stereocenters. The predicted octanol–water partition coefficient (Wildman–Crippen LogP) is 3.55. The average molecular weight is 390 g/mol. The van der Waals surface area contributed by atoms with Crippen molar-refractivity contribution in [1.82, 2.24) is 9.88 Å². The summed E-state index contributed by atoms with van der Waals surface area (Å²) < 4.78 is 19.7. The number of carboxylic acids is 1. The van der Waals surface area contributed by atoms with Crippen LogP contribution in [0.25, 0.3) is 10.9 Å². The summed E-state index contributed by atoms with van der Waals surface area (Å²) in [6.07, 6.45) is 1.31. The molecule has 150 valence electrons. The van der Waals surface area contributed by atoms with Crippen molar-refractivity contribution in [2.24, 2.45) is 5.41 Å². The van der Waals surface area contributed by atoms with Crippen LogP contribution in [0.3, 0.4) is 0 Å². The first-order valence-corrected chi connectivity index (χ1v) is 9.14. The monoisotopic (exact) mass is 390 g/mol.